The summed E-state index contributed by atoms with van der Waals surface area (Å²) in [6.07, 6.45) is 0.860. The second-order valence-corrected chi connectivity index (χ2v) is 4.48. The van der Waals surface area contributed by atoms with Crippen LogP contribution in [0.15, 0.2) is 18.2 Å². The first-order valence-corrected chi connectivity index (χ1v) is 6.48. The van der Waals surface area contributed by atoms with E-state index in [0.29, 0.717) is 12.4 Å². The Balaban J connectivity index is 2.21. The van der Waals surface area contributed by atoms with Crippen LogP contribution < -0.4 is 15.2 Å². The van der Waals surface area contributed by atoms with Crippen molar-refractivity contribution in [3.05, 3.63) is 29.3 Å². The van der Waals surface area contributed by atoms with Gasteiger partial charge in [0.25, 0.3) is 0 Å². The third kappa shape index (κ3) is 3.57. The van der Waals surface area contributed by atoms with Gasteiger partial charge in [0, 0.05) is 0 Å². The first-order chi connectivity index (χ1) is 9.58. The van der Waals surface area contributed by atoms with Crippen molar-refractivity contribution in [2.24, 2.45) is 0 Å². The molecule has 20 heavy (non-hydrogen) atoms. The minimum Gasteiger partial charge on any atom is -0.463 e. The standard InChI is InChI=1S/C14H18N4O2/c1-4-7-19-13-16-12(15)17-14(18-13)20-11-6-5-9(2)8-10(11)3/h5-6,8H,4,7H2,1-3H3,(H2,15,16,17,18). The van der Waals surface area contributed by atoms with Crippen LogP contribution >= 0.6 is 0 Å². The summed E-state index contributed by atoms with van der Waals surface area (Å²) in [7, 11) is 0. The number of benzene rings is 1. The Hall–Kier alpha value is -2.37. The van der Waals surface area contributed by atoms with Crippen molar-refractivity contribution in [3.8, 4) is 17.8 Å². The van der Waals surface area contributed by atoms with Gasteiger partial charge in [-0.15, -0.1) is 4.98 Å². The van der Waals surface area contributed by atoms with Gasteiger partial charge in [-0.1, -0.05) is 24.6 Å². The number of aromatic nitrogens is 3. The monoisotopic (exact) mass is 274 g/mol. The van der Waals surface area contributed by atoms with Crippen LogP contribution in [0.1, 0.15) is 24.5 Å². The van der Waals surface area contributed by atoms with E-state index >= 15 is 0 Å². The van der Waals surface area contributed by atoms with Crippen LogP contribution in [0.2, 0.25) is 0 Å². The van der Waals surface area contributed by atoms with Crippen LogP contribution in [0, 0.1) is 13.8 Å². The zero-order valence-corrected chi connectivity index (χ0v) is 11.9. The number of aryl methyl sites for hydroxylation is 2. The number of hydrogen-bond donors (Lipinski definition) is 1. The molecular weight excluding hydrogens is 256 g/mol. The molecule has 0 unspecified atom stereocenters. The smallest absolute Gasteiger partial charge is 0.330 e. The molecule has 106 valence electrons. The average molecular weight is 274 g/mol. The summed E-state index contributed by atoms with van der Waals surface area (Å²) in [4.78, 5) is 11.9. The van der Waals surface area contributed by atoms with Gasteiger partial charge in [-0.25, -0.2) is 0 Å². The Morgan fingerprint density at radius 1 is 1.10 bits per heavy atom. The number of anilines is 1. The van der Waals surface area contributed by atoms with Gasteiger partial charge in [-0.2, -0.15) is 9.97 Å². The Morgan fingerprint density at radius 2 is 1.85 bits per heavy atom. The normalized spacial score (nSPS) is 10.3. The highest BCUT2D eigenvalue weighted by atomic mass is 16.5. The minimum atomic E-state index is 0.0749. The molecule has 0 bridgehead atoms. The molecule has 6 heteroatoms. The molecule has 0 saturated carbocycles. The highest BCUT2D eigenvalue weighted by Gasteiger charge is 2.09. The zero-order valence-electron chi connectivity index (χ0n) is 11.9. The SMILES string of the molecule is CCCOc1nc(N)nc(Oc2ccc(C)cc2C)n1. The summed E-state index contributed by atoms with van der Waals surface area (Å²) in [5.41, 5.74) is 7.79. The second kappa shape index (κ2) is 6.18. The molecule has 0 aliphatic rings. The third-order valence-electron chi connectivity index (χ3n) is 2.58. The maximum atomic E-state index is 5.64. The molecule has 1 aromatic heterocycles. The highest BCUT2D eigenvalue weighted by molar-refractivity contribution is 5.37. The predicted molar refractivity (Wildman–Crippen MR) is 76.0 cm³/mol. The first kappa shape index (κ1) is 14.0. The molecule has 0 radical (unpaired) electrons. The molecule has 0 spiro atoms. The molecule has 1 heterocycles. The number of nitrogen functional groups attached to an aromatic ring is 1. The third-order valence-corrected chi connectivity index (χ3v) is 2.58. The minimum absolute atomic E-state index is 0.0749. The molecule has 6 nitrogen and oxygen atoms in total. The second-order valence-electron chi connectivity index (χ2n) is 4.48. The van der Waals surface area contributed by atoms with Crippen LogP contribution in [0.5, 0.6) is 17.8 Å². The number of nitrogens with two attached hydrogens (primary N) is 1. The summed E-state index contributed by atoms with van der Waals surface area (Å²) >= 11 is 0. The Kier molecular flexibility index (Phi) is 4.34. The first-order valence-electron chi connectivity index (χ1n) is 6.48. The van der Waals surface area contributed by atoms with E-state index in [1.807, 2.05) is 39.0 Å². The molecule has 0 atom stereocenters. The highest BCUT2D eigenvalue weighted by Crippen LogP contribution is 2.24. The van der Waals surface area contributed by atoms with Crippen molar-refractivity contribution in [1.82, 2.24) is 15.0 Å². The molecule has 1 aromatic carbocycles. The number of hydrogen-bond acceptors (Lipinski definition) is 6. The lowest BCUT2D eigenvalue weighted by atomic mass is 10.1. The van der Waals surface area contributed by atoms with Gasteiger partial charge >= 0.3 is 12.0 Å². The largest absolute Gasteiger partial charge is 0.463 e. The fourth-order valence-corrected chi connectivity index (χ4v) is 1.67. The van der Waals surface area contributed by atoms with E-state index in [0.717, 1.165) is 17.5 Å². The van der Waals surface area contributed by atoms with Gasteiger partial charge in [0.05, 0.1) is 6.61 Å². The van der Waals surface area contributed by atoms with E-state index in [4.69, 9.17) is 15.2 Å². The van der Waals surface area contributed by atoms with Gasteiger partial charge in [-0.3, -0.25) is 0 Å². The summed E-state index contributed by atoms with van der Waals surface area (Å²) in [6, 6.07) is 6.17. The average Bonchev–Trinajstić information content (AvgIpc) is 2.39. The van der Waals surface area contributed by atoms with Crippen LogP contribution in [-0.4, -0.2) is 21.6 Å². The maximum absolute atomic E-state index is 5.64. The molecule has 2 rings (SSSR count). The van der Waals surface area contributed by atoms with Gasteiger partial charge < -0.3 is 15.2 Å². The maximum Gasteiger partial charge on any atom is 0.330 e. The number of rotatable bonds is 5. The lowest BCUT2D eigenvalue weighted by Crippen LogP contribution is -2.06. The summed E-state index contributed by atoms with van der Waals surface area (Å²) in [6.45, 7) is 6.50. The topological polar surface area (TPSA) is 83.2 Å². The van der Waals surface area contributed by atoms with E-state index in [1.54, 1.807) is 0 Å². The van der Waals surface area contributed by atoms with Crippen LogP contribution in [-0.2, 0) is 0 Å². The molecule has 2 aromatic rings. The van der Waals surface area contributed by atoms with Crippen molar-refractivity contribution in [2.45, 2.75) is 27.2 Å². The molecule has 0 fully saturated rings. The van der Waals surface area contributed by atoms with Crippen LogP contribution in [0.25, 0.3) is 0 Å². The van der Waals surface area contributed by atoms with Gasteiger partial charge in [0.2, 0.25) is 5.95 Å². The molecular formula is C14H18N4O2. The lowest BCUT2D eigenvalue weighted by Gasteiger charge is -2.09. The van der Waals surface area contributed by atoms with Crippen molar-refractivity contribution >= 4 is 5.95 Å². The van der Waals surface area contributed by atoms with Crippen molar-refractivity contribution in [2.75, 3.05) is 12.3 Å². The van der Waals surface area contributed by atoms with E-state index in [1.165, 1.54) is 0 Å². The fourth-order valence-electron chi connectivity index (χ4n) is 1.67. The van der Waals surface area contributed by atoms with Crippen LogP contribution in [0.3, 0.4) is 0 Å². The lowest BCUT2D eigenvalue weighted by molar-refractivity contribution is 0.285. The van der Waals surface area contributed by atoms with E-state index in [-0.39, 0.29) is 18.0 Å². The Bertz CT molecular complexity index is 602. The number of nitrogens with zero attached hydrogens (tertiary/aromatic N) is 3. The molecule has 2 N–H and O–H groups in total. The van der Waals surface area contributed by atoms with Crippen molar-refractivity contribution in [3.63, 3.8) is 0 Å². The van der Waals surface area contributed by atoms with Crippen molar-refractivity contribution < 1.29 is 9.47 Å². The quantitative estimate of drug-likeness (QED) is 0.902. The number of ether oxygens (including phenoxy) is 2. The van der Waals surface area contributed by atoms with Crippen molar-refractivity contribution in [1.29, 1.82) is 0 Å². The fraction of sp³-hybridized carbons (Fsp3) is 0.357. The summed E-state index contributed by atoms with van der Waals surface area (Å²) in [5.74, 6) is 0.758. The summed E-state index contributed by atoms with van der Waals surface area (Å²) in [5, 5.41) is 0. The molecule has 0 aliphatic heterocycles. The van der Waals surface area contributed by atoms with E-state index in [2.05, 4.69) is 15.0 Å². The van der Waals surface area contributed by atoms with Gasteiger partial charge in [0.15, 0.2) is 0 Å². The molecule has 0 amide bonds. The van der Waals surface area contributed by atoms with Gasteiger partial charge in [-0.05, 0) is 31.9 Å². The zero-order chi connectivity index (χ0) is 14.5. The van der Waals surface area contributed by atoms with E-state index in [9.17, 15) is 0 Å². The Labute approximate surface area is 118 Å². The Morgan fingerprint density at radius 3 is 2.55 bits per heavy atom. The molecule has 0 aliphatic carbocycles. The van der Waals surface area contributed by atoms with E-state index < -0.39 is 0 Å². The summed E-state index contributed by atoms with van der Waals surface area (Å²) < 4.78 is 11.0. The molecule has 0 saturated heterocycles. The van der Waals surface area contributed by atoms with Crippen LogP contribution in [0.4, 0.5) is 5.95 Å². The van der Waals surface area contributed by atoms with Gasteiger partial charge in [0.1, 0.15) is 5.75 Å². The predicted octanol–water partition coefficient (Wildman–Crippen LogP) is 2.65.